The lowest BCUT2D eigenvalue weighted by atomic mass is 9.87. The van der Waals surface area contributed by atoms with Crippen LogP contribution in [0.25, 0.3) is 0 Å². The molecule has 2 atom stereocenters. The second-order valence-corrected chi connectivity index (χ2v) is 6.87. The predicted octanol–water partition coefficient (Wildman–Crippen LogP) is 1.17. The van der Waals surface area contributed by atoms with Gasteiger partial charge in [-0.05, 0) is 37.5 Å². The molecule has 1 aliphatic carbocycles. The van der Waals surface area contributed by atoms with Crippen LogP contribution in [-0.4, -0.2) is 49.1 Å². The third kappa shape index (κ3) is 3.32. The Labute approximate surface area is 121 Å². The van der Waals surface area contributed by atoms with Crippen LogP contribution in [0.1, 0.15) is 40.0 Å². The van der Waals surface area contributed by atoms with E-state index in [4.69, 9.17) is 4.74 Å². The van der Waals surface area contributed by atoms with Crippen LogP contribution in [0.5, 0.6) is 0 Å². The first-order valence-corrected chi connectivity index (χ1v) is 7.45. The zero-order chi connectivity index (χ0) is 14.9. The van der Waals surface area contributed by atoms with Crippen molar-refractivity contribution in [1.29, 1.82) is 0 Å². The molecular formula is C15H26N2O3. The molecule has 20 heavy (non-hydrogen) atoms. The van der Waals surface area contributed by atoms with Gasteiger partial charge in [-0.2, -0.15) is 0 Å². The minimum absolute atomic E-state index is 0.0240. The Morgan fingerprint density at radius 1 is 1.35 bits per heavy atom. The standard InChI is InChI=1S/C15H26N2O3/c1-10-13(18)16-12(11-5-6-11)14(19)17(10)9-15(2,3)7-8-20-4/h10-12H,5-9H2,1-4H3,(H,16,18). The van der Waals surface area contributed by atoms with Gasteiger partial charge in [-0.25, -0.2) is 0 Å². The highest BCUT2D eigenvalue weighted by Gasteiger charge is 2.46. The molecule has 1 heterocycles. The van der Waals surface area contributed by atoms with Gasteiger partial charge in [0.25, 0.3) is 0 Å². The van der Waals surface area contributed by atoms with Crippen molar-refractivity contribution in [3.8, 4) is 0 Å². The van der Waals surface area contributed by atoms with Gasteiger partial charge in [0.15, 0.2) is 0 Å². The molecular weight excluding hydrogens is 256 g/mol. The molecule has 2 fully saturated rings. The molecule has 2 rings (SSSR count). The topological polar surface area (TPSA) is 58.6 Å². The van der Waals surface area contributed by atoms with Crippen LogP contribution < -0.4 is 5.32 Å². The number of methoxy groups -OCH3 is 1. The summed E-state index contributed by atoms with van der Waals surface area (Å²) in [6.45, 7) is 7.31. The van der Waals surface area contributed by atoms with Crippen molar-refractivity contribution in [2.75, 3.05) is 20.3 Å². The van der Waals surface area contributed by atoms with E-state index in [1.807, 2.05) is 6.92 Å². The normalized spacial score (nSPS) is 27.7. The molecule has 1 saturated heterocycles. The fraction of sp³-hybridized carbons (Fsp3) is 0.867. The molecule has 5 heteroatoms. The first-order valence-electron chi connectivity index (χ1n) is 7.45. The Morgan fingerprint density at radius 2 is 2.00 bits per heavy atom. The molecule has 2 unspecified atom stereocenters. The number of amides is 2. The van der Waals surface area contributed by atoms with Crippen molar-refractivity contribution in [3.63, 3.8) is 0 Å². The van der Waals surface area contributed by atoms with E-state index in [-0.39, 0.29) is 29.3 Å². The van der Waals surface area contributed by atoms with Crippen LogP contribution in [0.2, 0.25) is 0 Å². The summed E-state index contributed by atoms with van der Waals surface area (Å²) in [7, 11) is 1.68. The first kappa shape index (κ1) is 15.3. The smallest absolute Gasteiger partial charge is 0.246 e. The highest BCUT2D eigenvalue weighted by atomic mass is 16.5. The largest absolute Gasteiger partial charge is 0.385 e. The Hall–Kier alpha value is -1.10. The van der Waals surface area contributed by atoms with Gasteiger partial charge in [-0.1, -0.05) is 13.8 Å². The Morgan fingerprint density at radius 3 is 2.55 bits per heavy atom. The van der Waals surface area contributed by atoms with E-state index in [0.717, 1.165) is 19.3 Å². The van der Waals surface area contributed by atoms with Crippen molar-refractivity contribution in [3.05, 3.63) is 0 Å². The predicted molar refractivity (Wildman–Crippen MR) is 76.1 cm³/mol. The maximum absolute atomic E-state index is 12.6. The number of ether oxygens (including phenoxy) is 1. The molecule has 0 spiro atoms. The number of nitrogens with one attached hydrogen (secondary N) is 1. The van der Waals surface area contributed by atoms with Crippen LogP contribution in [0.15, 0.2) is 0 Å². The minimum Gasteiger partial charge on any atom is -0.385 e. The van der Waals surface area contributed by atoms with E-state index in [2.05, 4.69) is 19.2 Å². The molecule has 5 nitrogen and oxygen atoms in total. The molecule has 0 bridgehead atoms. The summed E-state index contributed by atoms with van der Waals surface area (Å²) in [5, 5.41) is 2.88. The van der Waals surface area contributed by atoms with Crippen LogP contribution in [0, 0.1) is 11.3 Å². The summed E-state index contributed by atoms with van der Waals surface area (Å²) in [5.74, 6) is 0.415. The fourth-order valence-corrected chi connectivity index (χ4v) is 2.73. The minimum atomic E-state index is -0.376. The summed E-state index contributed by atoms with van der Waals surface area (Å²) in [6.07, 6.45) is 2.97. The highest BCUT2D eigenvalue weighted by Crippen LogP contribution is 2.36. The van der Waals surface area contributed by atoms with Gasteiger partial charge in [-0.15, -0.1) is 0 Å². The number of hydrogen-bond acceptors (Lipinski definition) is 3. The maximum Gasteiger partial charge on any atom is 0.246 e. The lowest BCUT2D eigenvalue weighted by molar-refractivity contribution is -0.151. The summed E-state index contributed by atoms with van der Waals surface area (Å²) in [4.78, 5) is 26.4. The van der Waals surface area contributed by atoms with Crippen LogP contribution in [-0.2, 0) is 14.3 Å². The third-order valence-corrected chi connectivity index (χ3v) is 4.37. The lowest BCUT2D eigenvalue weighted by Gasteiger charge is -2.41. The van der Waals surface area contributed by atoms with Gasteiger partial charge in [0, 0.05) is 20.3 Å². The van der Waals surface area contributed by atoms with E-state index < -0.39 is 0 Å². The lowest BCUT2D eigenvalue weighted by Crippen LogP contribution is -2.64. The number of carbonyl (C=O) groups excluding carboxylic acids is 2. The molecule has 1 N–H and O–H groups in total. The van der Waals surface area contributed by atoms with Gasteiger partial charge >= 0.3 is 0 Å². The van der Waals surface area contributed by atoms with Crippen molar-refractivity contribution >= 4 is 11.8 Å². The fourth-order valence-electron chi connectivity index (χ4n) is 2.73. The summed E-state index contributed by atoms with van der Waals surface area (Å²) in [5.41, 5.74) is -0.0499. The SMILES string of the molecule is COCCC(C)(C)CN1C(=O)C(C2CC2)NC(=O)C1C. The van der Waals surface area contributed by atoms with E-state index >= 15 is 0 Å². The molecule has 2 aliphatic rings. The van der Waals surface area contributed by atoms with Gasteiger partial charge in [-0.3, -0.25) is 9.59 Å². The van der Waals surface area contributed by atoms with Crippen LogP contribution in [0.4, 0.5) is 0 Å². The quantitative estimate of drug-likeness (QED) is 0.795. The maximum atomic E-state index is 12.6. The summed E-state index contributed by atoms with van der Waals surface area (Å²) < 4.78 is 5.13. The second kappa shape index (κ2) is 5.72. The van der Waals surface area contributed by atoms with E-state index in [1.165, 1.54) is 0 Å². The zero-order valence-electron chi connectivity index (χ0n) is 12.9. The molecule has 0 radical (unpaired) electrons. The molecule has 1 aliphatic heterocycles. The molecule has 0 aromatic heterocycles. The molecule has 2 amide bonds. The van der Waals surface area contributed by atoms with E-state index in [1.54, 1.807) is 12.0 Å². The van der Waals surface area contributed by atoms with Crippen molar-refractivity contribution in [2.24, 2.45) is 11.3 Å². The van der Waals surface area contributed by atoms with Crippen LogP contribution >= 0.6 is 0 Å². The molecule has 0 aromatic carbocycles. The Kier molecular flexibility index (Phi) is 4.37. The van der Waals surface area contributed by atoms with Crippen molar-refractivity contribution in [1.82, 2.24) is 10.2 Å². The Balaban J connectivity index is 2.06. The van der Waals surface area contributed by atoms with Crippen LogP contribution in [0.3, 0.4) is 0 Å². The van der Waals surface area contributed by atoms with Crippen molar-refractivity contribution < 1.29 is 14.3 Å². The first-order chi connectivity index (χ1) is 9.35. The summed E-state index contributed by atoms with van der Waals surface area (Å²) >= 11 is 0. The van der Waals surface area contributed by atoms with Gasteiger partial charge in [0.05, 0.1) is 0 Å². The Bertz CT molecular complexity index is 391. The summed E-state index contributed by atoms with van der Waals surface area (Å²) in [6, 6.07) is -0.670. The average Bonchev–Trinajstić information content (AvgIpc) is 3.21. The highest BCUT2D eigenvalue weighted by molar-refractivity contribution is 5.97. The number of hydrogen-bond donors (Lipinski definition) is 1. The second-order valence-electron chi connectivity index (χ2n) is 6.87. The number of carbonyl (C=O) groups is 2. The van der Waals surface area contributed by atoms with Gasteiger partial charge in [0.2, 0.25) is 11.8 Å². The van der Waals surface area contributed by atoms with Gasteiger partial charge < -0.3 is 15.0 Å². The zero-order valence-corrected chi connectivity index (χ0v) is 12.9. The number of rotatable bonds is 6. The van der Waals surface area contributed by atoms with Gasteiger partial charge in [0.1, 0.15) is 12.1 Å². The monoisotopic (exact) mass is 282 g/mol. The number of nitrogens with zero attached hydrogens (tertiary/aromatic N) is 1. The average molecular weight is 282 g/mol. The molecule has 114 valence electrons. The molecule has 1 saturated carbocycles. The number of piperazine rings is 1. The van der Waals surface area contributed by atoms with E-state index in [0.29, 0.717) is 19.1 Å². The van der Waals surface area contributed by atoms with Crippen molar-refractivity contribution in [2.45, 2.75) is 52.1 Å². The third-order valence-electron chi connectivity index (χ3n) is 4.37. The van der Waals surface area contributed by atoms with E-state index in [9.17, 15) is 9.59 Å². The molecule has 0 aromatic rings.